The molecule has 0 amide bonds. The molecule has 0 aromatic carbocycles. The van der Waals surface area contributed by atoms with Crippen LogP contribution in [-0.4, -0.2) is 107 Å². The zero-order chi connectivity index (χ0) is 24.7. The predicted molar refractivity (Wildman–Crippen MR) is 130 cm³/mol. The topological polar surface area (TPSA) is 160 Å². The van der Waals surface area contributed by atoms with Crippen molar-refractivity contribution in [2.75, 3.05) is 65.9 Å². The number of hydrogen-bond donors (Lipinski definition) is 4. The molecule has 0 spiro atoms. The van der Waals surface area contributed by atoms with Gasteiger partial charge in [0.1, 0.15) is 0 Å². The first-order valence-corrected chi connectivity index (χ1v) is 12.2. The van der Waals surface area contributed by atoms with E-state index in [-0.39, 0.29) is 16.5 Å². The van der Waals surface area contributed by atoms with E-state index < -0.39 is 0 Å². The predicted octanol–water partition coefficient (Wildman–Crippen LogP) is -1.34. The molecule has 1 aliphatic rings. The molecular formula is C20H44N14Ni. The summed E-state index contributed by atoms with van der Waals surface area (Å²) in [5.74, 6) is 1.24. The number of unbranched alkanes of at least 4 members (excludes halogenated alkanes) is 2. The van der Waals surface area contributed by atoms with Crippen LogP contribution in [0.25, 0.3) is 0 Å². The Hall–Kier alpha value is -1.61. The van der Waals surface area contributed by atoms with Crippen molar-refractivity contribution < 1.29 is 16.5 Å². The van der Waals surface area contributed by atoms with Gasteiger partial charge in [0.15, 0.2) is 0 Å². The minimum absolute atomic E-state index is 0. The van der Waals surface area contributed by atoms with Crippen LogP contribution in [0, 0.1) is 13.8 Å². The Morgan fingerprint density at radius 1 is 0.657 bits per heavy atom. The second-order valence-electron chi connectivity index (χ2n) is 7.98. The van der Waals surface area contributed by atoms with Crippen LogP contribution in [0.15, 0.2) is 0 Å². The van der Waals surface area contributed by atoms with Crippen LogP contribution in [0.2, 0.25) is 0 Å². The summed E-state index contributed by atoms with van der Waals surface area (Å²) in [5.41, 5.74) is 0. The van der Waals surface area contributed by atoms with Gasteiger partial charge in [0.25, 0.3) is 0 Å². The largest absolute Gasteiger partial charge is 2.00 e. The number of nitrogens with one attached hydrogen (secondary N) is 4. The number of nitrogens with zero attached hydrogens (tertiary/aromatic N) is 10. The summed E-state index contributed by atoms with van der Waals surface area (Å²) in [5, 5.41) is 40.8. The molecule has 204 valence electrons. The Bertz CT molecular complexity index is 570. The SMILES string of the molecule is CCCCN1CNCCNCN(CCCC)CNCCNC1.Cc1nnn[n-]1.Cc1nnn[n-]1.[Ni+2]. The zero-order valence-corrected chi connectivity index (χ0v) is 22.7. The van der Waals surface area contributed by atoms with Crippen molar-refractivity contribution in [2.45, 2.75) is 53.4 Å². The van der Waals surface area contributed by atoms with E-state index in [1.165, 1.54) is 38.8 Å². The van der Waals surface area contributed by atoms with Crippen LogP contribution in [-0.2, 0) is 16.5 Å². The van der Waals surface area contributed by atoms with E-state index in [9.17, 15) is 0 Å². The minimum atomic E-state index is 0. The number of aromatic nitrogens is 8. The summed E-state index contributed by atoms with van der Waals surface area (Å²) in [6, 6.07) is 0. The van der Waals surface area contributed by atoms with E-state index in [0.29, 0.717) is 11.6 Å². The van der Waals surface area contributed by atoms with Gasteiger partial charge in [-0.15, -0.1) is 0 Å². The molecule has 2 aromatic rings. The monoisotopic (exact) mass is 538 g/mol. The smallest absolute Gasteiger partial charge is 0.336 e. The maximum atomic E-state index is 3.55. The summed E-state index contributed by atoms with van der Waals surface area (Å²) in [4.78, 5) is 4.92. The van der Waals surface area contributed by atoms with Crippen molar-refractivity contribution >= 4 is 0 Å². The van der Waals surface area contributed by atoms with Crippen molar-refractivity contribution in [1.82, 2.24) is 72.3 Å². The molecule has 0 radical (unpaired) electrons. The van der Waals surface area contributed by atoms with Crippen LogP contribution in [0.5, 0.6) is 0 Å². The standard InChI is InChI=1S/C16H38N6.2C2H3N4.Ni/c1-3-5-11-21-13-17-7-9-19-15-22(12-6-4-2)16-20-10-8-18-14-21;2*1-2-3-5-6-4-2;/h17-20H,3-16H2,1-2H3;2*1H3;/q;2*-1;+2. The van der Waals surface area contributed by atoms with Crippen molar-refractivity contribution in [3.05, 3.63) is 11.6 Å². The first-order chi connectivity index (χ1) is 16.7. The molecule has 0 aliphatic carbocycles. The third-order valence-corrected chi connectivity index (χ3v) is 4.79. The van der Waals surface area contributed by atoms with Crippen LogP contribution in [0.3, 0.4) is 0 Å². The van der Waals surface area contributed by atoms with E-state index in [1.807, 2.05) is 0 Å². The third-order valence-electron chi connectivity index (χ3n) is 4.79. The number of rotatable bonds is 6. The maximum absolute atomic E-state index is 3.55. The fourth-order valence-corrected chi connectivity index (χ4v) is 2.87. The molecule has 15 heteroatoms. The molecule has 0 atom stereocenters. The van der Waals surface area contributed by atoms with Crippen molar-refractivity contribution in [3.63, 3.8) is 0 Å². The molecule has 14 nitrogen and oxygen atoms in total. The molecule has 1 aliphatic heterocycles. The Balaban J connectivity index is 0.000000716. The van der Waals surface area contributed by atoms with Gasteiger partial charge in [0, 0.05) is 77.6 Å². The molecule has 0 bridgehead atoms. The first kappa shape index (κ1) is 33.4. The van der Waals surface area contributed by atoms with E-state index in [4.69, 9.17) is 0 Å². The fraction of sp³-hybridized carbons (Fsp3) is 0.900. The van der Waals surface area contributed by atoms with Crippen molar-refractivity contribution in [3.8, 4) is 0 Å². The summed E-state index contributed by atoms with van der Waals surface area (Å²) in [6.07, 6.45) is 5.05. The minimum Gasteiger partial charge on any atom is -0.336 e. The van der Waals surface area contributed by atoms with Gasteiger partial charge in [0.05, 0.1) is 0 Å². The van der Waals surface area contributed by atoms with Crippen LogP contribution >= 0.6 is 0 Å². The van der Waals surface area contributed by atoms with Gasteiger partial charge >= 0.3 is 16.5 Å². The number of aryl methyl sites for hydroxylation is 2. The van der Waals surface area contributed by atoms with Gasteiger partial charge in [-0.05, 0) is 26.7 Å². The second kappa shape index (κ2) is 24.1. The molecule has 35 heavy (non-hydrogen) atoms. The van der Waals surface area contributed by atoms with Gasteiger partial charge in [-0.3, -0.25) is 30.4 Å². The van der Waals surface area contributed by atoms with Crippen molar-refractivity contribution in [2.24, 2.45) is 0 Å². The summed E-state index contributed by atoms with van der Waals surface area (Å²) >= 11 is 0. The number of hydrogen-bond acceptors (Lipinski definition) is 12. The van der Waals surface area contributed by atoms with E-state index >= 15 is 0 Å². The van der Waals surface area contributed by atoms with Gasteiger partial charge in [0.2, 0.25) is 0 Å². The molecule has 2 aromatic heterocycles. The first-order valence-electron chi connectivity index (χ1n) is 12.2. The van der Waals surface area contributed by atoms with Gasteiger partial charge < -0.3 is 31.5 Å². The molecule has 1 saturated heterocycles. The average molecular weight is 539 g/mol. The molecule has 0 unspecified atom stereocenters. The van der Waals surface area contributed by atoms with Crippen LogP contribution in [0.1, 0.15) is 51.2 Å². The van der Waals surface area contributed by atoms with E-state index in [0.717, 1.165) is 52.9 Å². The molecular weight excluding hydrogens is 495 g/mol. The zero-order valence-electron chi connectivity index (χ0n) is 21.7. The van der Waals surface area contributed by atoms with Gasteiger partial charge in [-0.1, -0.05) is 26.7 Å². The van der Waals surface area contributed by atoms with E-state index in [2.05, 4.69) is 86.2 Å². The summed E-state index contributed by atoms with van der Waals surface area (Å²) < 4.78 is 0. The Morgan fingerprint density at radius 3 is 1.20 bits per heavy atom. The maximum Gasteiger partial charge on any atom is 2.00 e. The molecule has 3 rings (SSSR count). The molecule has 3 heterocycles. The molecule has 1 fully saturated rings. The summed E-state index contributed by atoms with van der Waals surface area (Å²) in [7, 11) is 0. The Morgan fingerprint density at radius 2 is 1.00 bits per heavy atom. The number of tetrazole rings is 2. The Labute approximate surface area is 219 Å². The molecule has 0 saturated carbocycles. The van der Waals surface area contributed by atoms with Gasteiger partial charge in [-0.2, -0.15) is 10.4 Å². The van der Waals surface area contributed by atoms with Crippen molar-refractivity contribution in [1.29, 1.82) is 0 Å². The van der Waals surface area contributed by atoms with Crippen LogP contribution in [0.4, 0.5) is 0 Å². The van der Waals surface area contributed by atoms with E-state index in [1.54, 1.807) is 13.8 Å². The van der Waals surface area contributed by atoms with Crippen LogP contribution < -0.4 is 31.5 Å². The second-order valence-corrected chi connectivity index (χ2v) is 7.98. The average Bonchev–Trinajstić information content (AvgIpc) is 3.52. The fourth-order valence-electron chi connectivity index (χ4n) is 2.87. The normalized spacial score (nSPS) is 16.6. The Kier molecular flexibility index (Phi) is 23.0. The quantitative estimate of drug-likeness (QED) is 0.320. The molecule has 4 N–H and O–H groups in total. The van der Waals surface area contributed by atoms with Gasteiger partial charge in [-0.25, -0.2) is 0 Å². The third kappa shape index (κ3) is 20.3. The summed E-state index contributed by atoms with van der Waals surface area (Å²) in [6.45, 7) is 18.3.